The molecule has 1 spiro atoms. The summed E-state index contributed by atoms with van der Waals surface area (Å²) in [6.45, 7) is 2.23. The van der Waals surface area contributed by atoms with Crippen molar-refractivity contribution < 1.29 is 14.0 Å². The first-order valence-electron chi connectivity index (χ1n) is 14.6. The highest BCUT2D eigenvalue weighted by Crippen LogP contribution is 2.55. The Morgan fingerprint density at radius 1 is 0.915 bits per heavy atom. The molecule has 4 aromatic carbocycles. The number of fused-ring (bicyclic) bond motifs is 5. The summed E-state index contributed by atoms with van der Waals surface area (Å²) >= 11 is 15.0. The van der Waals surface area contributed by atoms with Gasteiger partial charge in [-0.05, 0) is 48.4 Å². The van der Waals surface area contributed by atoms with E-state index in [4.69, 9.17) is 27.6 Å². The summed E-state index contributed by atoms with van der Waals surface area (Å²) < 4.78 is 6.71. The van der Waals surface area contributed by atoms with E-state index in [1.54, 1.807) is 53.4 Å². The van der Waals surface area contributed by atoms with E-state index < -0.39 is 22.8 Å². The van der Waals surface area contributed by atoms with Crippen LogP contribution < -0.4 is 15.2 Å². The summed E-state index contributed by atoms with van der Waals surface area (Å²) in [6, 6.07) is 27.1. The molecule has 47 heavy (non-hydrogen) atoms. The largest absolute Gasteiger partial charge is 0.450 e. The SMILES string of the molecule is Cc1ccc(CN2C(=O)C3(c4ccccc42)c2c(oc4ccccc4c2=O)C(=O)N3c2nnc(SCc3ccc(Cl)cc3Cl)s2)cc1. The molecule has 1 atom stereocenters. The van der Waals surface area contributed by atoms with Crippen molar-refractivity contribution in [3.63, 3.8) is 0 Å². The van der Waals surface area contributed by atoms with Gasteiger partial charge in [-0.2, -0.15) is 0 Å². The zero-order valence-electron chi connectivity index (χ0n) is 24.6. The van der Waals surface area contributed by atoms with Gasteiger partial charge in [-0.25, -0.2) is 0 Å². The van der Waals surface area contributed by atoms with E-state index in [1.807, 2.05) is 49.4 Å². The fraction of sp³-hybridized carbons (Fsp3) is 0.114. The van der Waals surface area contributed by atoms with Crippen LogP contribution in [0.5, 0.6) is 0 Å². The van der Waals surface area contributed by atoms with Crippen molar-refractivity contribution in [2.75, 3.05) is 9.80 Å². The molecule has 0 bridgehead atoms. The molecule has 12 heteroatoms. The molecule has 4 heterocycles. The fourth-order valence-corrected chi connectivity index (χ4v) is 8.72. The summed E-state index contributed by atoms with van der Waals surface area (Å²) in [5.41, 5.74) is 1.84. The van der Waals surface area contributed by atoms with Crippen LogP contribution in [0.1, 0.15) is 38.4 Å². The molecule has 0 saturated carbocycles. The number of carbonyl (C=O) groups excluding carboxylic acids is 2. The van der Waals surface area contributed by atoms with Crippen molar-refractivity contribution in [3.8, 4) is 0 Å². The molecule has 0 fully saturated rings. The first kappa shape index (κ1) is 29.9. The monoisotopic (exact) mass is 696 g/mol. The molecular weight excluding hydrogens is 675 g/mol. The van der Waals surface area contributed by atoms with E-state index in [9.17, 15) is 9.59 Å². The number of hydrogen-bond donors (Lipinski definition) is 0. The highest BCUT2D eigenvalue weighted by Gasteiger charge is 2.66. The molecule has 0 aliphatic carbocycles. The van der Waals surface area contributed by atoms with Crippen molar-refractivity contribution in [2.24, 2.45) is 0 Å². The number of anilines is 2. The van der Waals surface area contributed by atoms with Crippen LogP contribution in [-0.4, -0.2) is 22.0 Å². The van der Waals surface area contributed by atoms with E-state index in [1.165, 1.54) is 16.7 Å². The second kappa shape index (κ2) is 11.3. The third-order valence-electron chi connectivity index (χ3n) is 8.45. The molecule has 2 amide bonds. The van der Waals surface area contributed by atoms with Gasteiger partial charge in [0.15, 0.2) is 15.3 Å². The van der Waals surface area contributed by atoms with Gasteiger partial charge in [-0.1, -0.05) is 113 Å². The number of benzene rings is 4. The van der Waals surface area contributed by atoms with Crippen LogP contribution in [-0.2, 0) is 22.6 Å². The quantitative estimate of drug-likeness (QED) is 0.129. The van der Waals surface area contributed by atoms with Gasteiger partial charge >= 0.3 is 0 Å². The summed E-state index contributed by atoms with van der Waals surface area (Å²) in [5.74, 6) is -0.809. The van der Waals surface area contributed by atoms with Crippen molar-refractivity contribution in [1.82, 2.24) is 10.2 Å². The Bertz CT molecular complexity index is 2320. The Morgan fingerprint density at radius 2 is 1.68 bits per heavy atom. The third kappa shape index (κ3) is 4.62. The minimum Gasteiger partial charge on any atom is -0.450 e. The predicted molar refractivity (Wildman–Crippen MR) is 185 cm³/mol. The molecule has 2 aliphatic rings. The van der Waals surface area contributed by atoms with Crippen LogP contribution >= 0.6 is 46.3 Å². The summed E-state index contributed by atoms with van der Waals surface area (Å²) in [4.78, 5) is 46.9. The number of aryl methyl sites for hydroxylation is 1. The lowest BCUT2D eigenvalue weighted by Gasteiger charge is -2.32. The normalized spacial score (nSPS) is 16.8. The van der Waals surface area contributed by atoms with Gasteiger partial charge in [0.25, 0.3) is 11.8 Å². The molecule has 0 N–H and O–H groups in total. The number of hydrogen-bond acceptors (Lipinski definition) is 8. The molecule has 8 nitrogen and oxygen atoms in total. The number of carbonyl (C=O) groups is 2. The molecule has 6 aromatic rings. The van der Waals surface area contributed by atoms with Crippen LogP contribution in [0, 0.1) is 6.92 Å². The molecule has 232 valence electrons. The number of aromatic nitrogens is 2. The van der Waals surface area contributed by atoms with Crippen LogP contribution in [0.4, 0.5) is 10.8 Å². The fourth-order valence-electron chi connectivity index (χ4n) is 6.27. The number of nitrogens with zero attached hydrogens (tertiary/aromatic N) is 4. The summed E-state index contributed by atoms with van der Waals surface area (Å²) in [6.07, 6.45) is 0. The van der Waals surface area contributed by atoms with Crippen molar-refractivity contribution in [1.29, 1.82) is 0 Å². The average Bonchev–Trinajstić information content (AvgIpc) is 3.71. The van der Waals surface area contributed by atoms with Crippen LogP contribution in [0.25, 0.3) is 11.0 Å². The summed E-state index contributed by atoms with van der Waals surface area (Å²) in [7, 11) is 0. The number of halogens is 2. The molecule has 2 aromatic heterocycles. The smallest absolute Gasteiger partial charge is 0.297 e. The number of amides is 2. The van der Waals surface area contributed by atoms with Gasteiger partial charge in [0.1, 0.15) is 5.58 Å². The van der Waals surface area contributed by atoms with E-state index in [0.717, 1.165) is 28.0 Å². The molecular formula is C35H22Cl2N4O4S2. The Kier molecular flexibility index (Phi) is 7.21. The van der Waals surface area contributed by atoms with Gasteiger partial charge in [0.2, 0.25) is 10.9 Å². The maximum absolute atomic E-state index is 15.1. The molecule has 1 unspecified atom stereocenters. The lowest BCUT2D eigenvalue weighted by Crippen LogP contribution is -2.53. The Labute approximate surface area is 286 Å². The van der Waals surface area contributed by atoms with Gasteiger partial charge < -0.3 is 9.32 Å². The van der Waals surface area contributed by atoms with Crippen molar-refractivity contribution >= 4 is 79.9 Å². The van der Waals surface area contributed by atoms with Crippen LogP contribution in [0.3, 0.4) is 0 Å². The Morgan fingerprint density at radius 3 is 2.49 bits per heavy atom. The van der Waals surface area contributed by atoms with Gasteiger partial charge in [0, 0.05) is 21.4 Å². The maximum Gasteiger partial charge on any atom is 0.297 e. The third-order valence-corrected chi connectivity index (χ3v) is 11.1. The molecule has 0 radical (unpaired) electrons. The summed E-state index contributed by atoms with van der Waals surface area (Å²) in [5, 5.41) is 10.3. The second-order valence-electron chi connectivity index (χ2n) is 11.3. The van der Waals surface area contributed by atoms with Gasteiger partial charge in [0.05, 0.1) is 23.2 Å². The number of rotatable bonds is 6. The minimum absolute atomic E-state index is 0.0256. The predicted octanol–water partition coefficient (Wildman–Crippen LogP) is 8.00. The maximum atomic E-state index is 15.1. The minimum atomic E-state index is -1.86. The first-order valence-corrected chi connectivity index (χ1v) is 17.1. The van der Waals surface area contributed by atoms with E-state index in [0.29, 0.717) is 31.4 Å². The van der Waals surface area contributed by atoms with Gasteiger partial charge in [-0.15, -0.1) is 10.2 Å². The standard InChI is InChI=1S/C35H22Cl2N4O4S2/c1-19-10-12-20(13-11-19)17-40-26-8-4-3-7-24(26)35(32(40)44)28-29(42)23-6-2-5-9-27(23)45-30(28)31(43)41(35)33-38-39-34(47-33)46-18-21-14-15-22(36)16-25(21)37/h2-16H,17-18H2,1H3. The van der Waals surface area contributed by atoms with Crippen molar-refractivity contribution in [2.45, 2.75) is 29.1 Å². The van der Waals surface area contributed by atoms with Crippen molar-refractivity contribution in [3.05, 3.63) is 145 Å². The zero-order chi connectivity index (χ0) is 32.4. The molecule has 8 rings (SSSR count). The van der Waals surface area contributed by atoms with Crippen LogP contribution in [0.2, 0.25) is 10.0 Å². The number of thioether (sulfide) groups is 1. The highest BCUT2D eigenvalue weighted by atomic mass is 35.5. The Balaban J connectivity index is 1.30. The van der Waals surface area contributed by atoms with E-state index in [2.05, 4.69) is 10.2 Å². The highest BCUT2D eigenvalue weighted by molar-refractivity contribution is 8.00. The zero-order valence-corrected chi connectivity index (χ0v) is 27.7. The second-order valence-corrected chi connectivity index (χ2v) is 14.3. The van der Waals surface area contributed by atoms with Crippen LogP contribution in [0.15, 0.2) is 105 Å². The van der Waals surface area contributed by atoms with Gasteiger partial charge in [-0.3, -0.25) is 19.3 Å². The lowest BCUT2D eigenvalue weighted by atomic mass is 9.84. The topological polar surface area (TPSA) is 96.6 Å². The van der Waals surface area contributed by atoms with E-state index >= 15 is 4.79 Å². The molecule has 0 saturated heterocycles. The first-order chi connectivity index (χ1) is 22.8. The molecule has 2 aliphatic heterocycles. The van der Waals surface area contributed by atoms with E-state index in [-0.39, 0.29) is 34.0 Å². The Hall–Kier alpha value is -4.48. The number of para-hydroxylation sites is 2. The average molecular weight is 698 g/mol. The lowest BCUT2D eigenvalue weighted by molar-refractivity contribution is -0.121.